The molecule has 0 aliphatic carbocycles. The van der Waals surface area contributed by atoms with Crippen molar-refractivity contribution in [3.8, 4) is 0 Å². The van der Waals surface area contributed by atoms with Crippen LogP contribution in [0.25, 0.3) is 0 Å². The van der Waals surface area contributed by atoms with Gasteiger partial charge in [-0.1, -0.05) is 0 Å². The molecule has 0 unspecified atom stereocenters. The standard InChI is InChI=1S/C10H16N6/c1-7-8(5-13-16(7)3)4-12-10-9(11)6-15(2)14-10/h5-6H,4,11H2,1-3H3,(H,12,14). The number of rotatable bonds is 3. The van der Waals surface area contributed by atoms with E-state index in [0.717, 1.165) is 11.3 Å². The van der Waals surface area contributed by atoms with Crippen molar-refractivity contribution in [3.63, 3.8) is 0 Å². The molecule has 0 aliphatic heterocycles. The molecule has 0 aliphatic rings. The van der Waals surface area contributed by atoms with E-state index in [0.29, 0.717) is 18.1 Å². The van der Waals surface area contributed by atoms with Gasteiger partial charge in [0.15, 0.2) is 5.82 Å². The number of nitrogens with one attached hydrogen (secondary N) is 1. The summed E-state index contributed by atoms with van der Waals surface area (Å²) in [6.45, 7) is 2.71. The highest BCUT2D eigenvalue weighted by molar-refractivity contribution is 5.59. The van der Waals surface area contributed by atoms with Gasteiger partial charge in [-0.2, -0.15) is 10.2 Å². The third-order valence-electron chi connectivity index (χ3n) is 2.64. The highest BCUT2D eigenvalue weighted by Crippen LogP contribution is 2.16. The van der Waals surface area contributed by atoms with E-state index < -0.39 is 0 Å². The molecule has 0 spiro atoms. The Morgan fingerprint density at radius 2 is 2.19 bits per heavy atom. The third kappa shape index (κ3) is 1.86. The maximum absolute atomic E-state index is 5.78. The Hall–Kier alpha value is -1.98. The lowest BCUT2D eigenvalue weighted by molar-refractivity contribution is 0.738. The van der Waals surface area contributed by atoms with Crippen LogP contribution in [0.3, 0.4) is 0 Å². The average molecular weight is 220 g/mol. The van der Waals surface area contributed by atoms with Crippen LogP contribution in [-0.4, -0.2) is 19.6 Å². The van der Waals surface area contributed by atoms with Crippen LogP contribution in [0.5, 0.6) is 0 Å². The quantitative estimate of drug-likeness (QED) is 0.796. The molecule has 6 nitrogen and oxygen atoms in total. The lowest BCUT2D eigenvalue weighted by Crippen LogP contribution is -2.03. The monoisotopic (exact) mass is 220 g/mol. The van der Waals surface area contributed by atoms with E-state index in [-0.39, 0.29) is 0 Å². The molecule has 0 atom stereocenters. The Kier molecular flexibility index (Phi) is 2.55. The van der Waals surface area contributed by atoms with Crippen molar-refractivity contribution in [2.75, 3.05) is 11.1 Å². The zero-order valence-electron chi connectivity index (χ0n) is 9.73. The van der Waals surface area contributed by atoms with Crippen LogP contribution in [0.2, 0.25) is 0 Å². The molecule has 0 radical (unpaired) electrons. The molecule has 2 rings (SSSR count). The van der Waals surface area contributed by atoms with Crippen molar-refractivity contribution in [1.82, 2.24) is 19.6 Å². The topological polar surface area (TPSA) is 73.7 Å². The second kappa shape index (κ2) is 3.88. The van der Waals surface area contributed by atoms with E-state index in [4.69, 9.17) is 5.73 Å². The van der Waals surface area contributed by atoms with E-state index in [1.54, 1.807) is 10.9 Å². The Morgan fingerprint density at radius 1 is 1.44 bits per heavy atom. The molecular formula is C10H16N6. The predicted molar refractivity (Wildman–Crippen MR) is 62.9 cm³/mol. The minimum absolute atomic E-state index is 0.657. The van der Waals surface area contributed by atoms with E-state index in [2.05, 4.69) is 15.5 Å². The maximum Gasteiger partial charge on any atom is 0.171 e. The molecule has 0 bridgehead atoms. The number of anilines is 2. The molecule has 0 saturated carbocycles. The van der Waals surface area contributed by atoms with Gasteiger partial charge in [0.2, 0.25) is 0 Å². The molecule has 0 amide bonds. The third-order valence-corrected chi connectivity index (χ3v) is 2.64. The Morgan fingerprint density at radius 3 is 2.69 bits per heavy atom. The summed E-state index contributed by atoms with van der Waals surface area (Å²) in [5, 5.41) is 11.6. The first-order valence-corrected chi connectivity index (χ1v) is 5.08. The molecule has 3 N–H and O–H groups in total. The predicted octanol–water partition coefficient (Wildman–Crippen LogP) is 0.656. The molecule has 16 heavy (non-hydrogen) atoms. The Bertz CT molecular complexity index is 493. The molecule has 0 fully saturated rings. The van der Waals surface area contributed by atoms with Crippen LogP contribution in [0, 0.1) is 6.92 Å². The molecule has 2 heterocycles. The first-order valence-electron chi connectivity index (χ1n) is 5.08. The van der Waals surface area contributed by atoms with E-state index in [1.165, 1.54) is 0 Å². The summed E-state index contributed by atoms with van der Waals surface area (Å²) in [6, 6.07) is 0. The smallest absolute Gasteiger partial charge is 0.171 e. The van der Waals surface area contributed by atoms with Crippen LogP contribution < -0.4 is 11.1 Å². The zero-order chi connectivity index (χ0) is 11.7. The molecule has 0 saturated heterocycles. The van der Waals surface area contributed by atoms with Gasteiger partial charge >= 0.3 is 0 Å². The number of aromatic nitrogens is 4. The van der Waals surface area contributed by atoms with E-state index in [9.17, 15) is 0 Å². The van der Waals surface area contributed by atoms with Crippen molar-refractivity contribution >= 4 is 11.5 Å². The van der Waals surface area contributed by atoms with Gasteiger partial charge in [-0.15, -0.1) is 0 Å². The normalized spacial score (nSPS) is 10.7. The van der Waals surface area contributed by atoms with Gasteiger partial charge in [-0.05, 0) is 6.92 Å². The first kappa shape index (κ1) is 10.5. The van der Waals surface area contributed by atoms with Crippen molar-refractivity contribution in [2.24, 2.45) is 14.1 Å². The van der Waals surface area contributed by atoms with Crippen molar-refractivity contribution in [1.29, 1.82) is 0 Å². The van der Waals surface area contributed by atoms with Crippen LogP contribution in [0.1, 0.15) is 11.3 Å². The van der Waals surface area contributed by atoms with Crippen molar-refractivity contribution < 1.29 is 0 Å². The van der Waals surface area contributed by atoms with Crippen LogP contribution in [0.4, 0.5) is 11.5 Å². The van der Waals surface area contributed by atoms with Gasteiger partial charge in [0.1, 0.15) is 0 Å². The summed E-state index contributed by atoms with van der Waals surface area (Å²) in [5.41, 5.74) is 8.73. The van der Waals surface area contributed by atoms with Crippen molar-refractivity contribution in [2.45, 2.75) is 13.5 Å². The lowest BCUT2D eigenvalue weighted by atomic mass is 10.2. The number of hydrogen-bond acceptors (Lipinski definition) is 4. The largest absolute Gasteiger partial charge is 0.394 e. The number of aryl methyl sites for hydroxylation is 2. The van der Waals surface area contributed by atoms with E-state index >= 15 is 0 Å². The minimum atomic E-state index is 0.657. The highest BCUT2D eigenvalue weighted by atomic mass is 15.3. The van der Waals surface area contributed by atoms with Crippen molar-refractivity contribution in [3.05, 3.63) is 23.7 Å². The van der Waals surface area contributed by atoms with Crippen LogP contribution in [0.15, 0.2) is 12.4 Å². The van der Waals surface area contributed by atoms with Gasteiger partial charge in [0, 0.05) is 38.1 Å². The summed E-state index contributed by atoms with van der Waals surface area (Å²) >= 11 is 0. The number of nitrogens with two attached hydrogens (primary N) is 1. The fourth-order valence-electron chi connectivity index (χ4n) is 1.54. The van der Waals surface area contributed by atoms with Gasteiger partial charge in [-0.3, -0.25) is 9.36 Å². The van der Waals surface area contributed by atoms with Gasteiger partial charge < -0.3 is 11.1 Å². The SMILES string of the molecule is Cc1c(CNc2nn(C)cc2N)cnn1C. The highest BCUT2D eigenvalue weighted by Gasteiger charge is 2.06. The summed E-state index contributed by atoms with van der Waals surface area (Å²) in [5.74, 6) is 0.714. The molecular weight excluding hydrogens is 204 g/mol. The average Bonchev–Trinajstić information content (AvgIpc) is 2.70. The summed E-state index contributed by atoms with van der Waals surface area (Å²) in [4.78, 5) is 0. The van der Waals surface area contributed by atoms with Gasteiger partial charge in [0.25, 0.3) is 0 Å². The minimum Gasteiger partial charge on any atom is -0.394 e. The molecule has 2 aromatic heterocycles. The zero-order valence-corrected chi connectivity index (χ0v) is 9.73. The summed E-state index contributed by atoms with van der Waals surface area (Å²) < 4.78 is 3.53. The molecule has 2 aromatic rings. The molecule has 6 heteroatoms. The Balaban J connectivity index is 2.08. The summed E-state index contributed by atoms with van der Waals surface area (Å²) in [7, 11) is 3.77. The van der Waals surface area contributed by atoms with Crippen LogP contribution >= 0.6 is 0 Å². The fourth-order valence-corrected chi connectivity index (χ4v) is 1.54. The summed E-state index contributed by atoms with van der Waals surface area (Å²) in [6.07, 6.45) is 3.62. The number of hydrogen-bond donors (Lipinski definition) is 2. The first-order chi connectivity index (χ1) is 7.58. The number of nitrogens with zero attached hydrogens (tertiary/aromatic N) is 4. The number of nitrogen functional groups attached to an aromatic ring is 1. The Labute approximate surface area is 94.1 Å². The molecule has 0 aromatic carbocycles. The fraction of sp³-hybridized carbons (Fsp3) is 0.400. The second-order valence-electron chi connectivity index (χ2n) is 3.84. The second-order valence-corrected chi connectivity index (χ2v) is 3.84. The molecule has 86 valence electrons. The van der Waals surface area contributed by atoms with E-state index in [1.807, 2.05) is 31.9 Å². The lowest BCUT2D eigenvalue weighted by Gasteiger charge is -2.03. The maximum atomic E-state index is 5.78. The van der Waals surface area contributed by atoms with Gasteiger partial charge in [0.05, 0.1) is 11.9 Å². The van der Waals surface area contributed by atoms with Crippen LogP contribution in [-0.2, 0) is 20.6 Å². The van der Waals surface area contributed by atoms with Gasteiger partial charge in [-0.25, -0.2) is 0 Å².